The second kappa shape index (κ2) is 3.93. The Kier molecular flexibility index (Phi) is 2.89. The van der Waals surface area contributed by atoms with Gasteiger partial charge < -0.3 is 5.11 Å². The van der Waals surface area contributed by atoms with Gasteiger partial charge in [0.05, 0.1) is 5.69 Å². The first kappa shape index (κ1) is 9.57. The number of hydrogen-bond acceptors (Lipinski definition) is 2. The number of amides is 1. The Hall–Kier alpha value is -1.52. The topological polar surface area (TPSA) is 67.2 Å². The lowest BCUT2D eigenvalue weighted by atomic mass is 10.3. The summed E-state index contributed by atoms with van der Waals surface area (Å²) in [4.78, 5) is 10.4. The summed E-state index contributed by atoms with van der Waals surface area (Å²) >= 11 is 0. The standard InChI is InChI=1S/C8H13N3O2/c1-3-6-5-7(9-8(12)13)11(4-2)10-6/h5,9H,3-4H2,1-2H3,(H,12,13). The van der Waals surface area contributed by atoms with E-state index >= 15 is 0 Å². The summed E-state index contributed by atoms with van der Waals surface area (Å²) in [6.07, 6.45) is -0.251. The van der Waals surface area contributed by atoms with Gasteiger partial charge in [0, 0.05) is 12.6 Å². The van der Waals surface area contributed by atoms with Crippen molar-refractivity contribution in [3.63, 3.8) is 0 Å². The van der Waals surface area contributed by atoms with E-state index in [0.717, 1.165) is 12.1 Å². The lowest BCUT2D eigenvalue weighted by molar-refractivity contribution is 0.209. The minimum atomic E-state index is -1.06. The molecule has 0 atom stereocenters. The van der Waals surface area contributed by atoms with Gasteiger partial charge in [-0.2, -0.15) is 5.10 Å². The lowest BCUT2D eigenvalue weighted by Gasteiger charge is -2.01. The van der Waals surface area contributed by atoms with Crippen LogP contribution in [0.1, 0.15) is 19.5 Å². The second-order valence-corrected chi connectivity index (χ2v) is 2.62. The quantitative estimate of drug-likeness (QED) is 0.747. The molecule has 0 aromatic carbocycles. The Morgan fingerprint density at radius 2 is 2.38 bits per heavy atom. The molecule has 5 nitrogen and oxygen atoms in total. The molecular formula is C8H13N3O2. The molecule has 1 heterocycles. The Morgan fingerprint density at radius 1 is 1.69 bits per heavy atom. The predicted molar refractivity (Wildman–Crippen MR) is 48.9 cm³/mol. The lowest BCUT2D eigenvalue weighted by Crippen LogP contribution is -2.12. The summed E-state index contributed by atoms with van der Waals surface area (Å²) in [5.41, 5.74) is 0.894. The Morgan fingerprint density at radius 3 is 2.85 bits per heavy atom. The average Bonchev–Trinajstić information content (AvgIpc) is 2.46. The SMILES string of the molecule is CCc1cc(NC(=O)O)n(CC)n1. The molecular weight excluding hydrogens is 170 g/mol. The zero-order valence-corrected chi connectivity index (χ0v) is 7.74. The molecule has 2 N–H and O–H groups in total. The van der Waals surface area contributed by atoms with E-state index in [1.165, 1.54) is 0 Å². The van der Waals surface area contributed by atoms with Crippen LogP contribution in [-0.2, 0) is 13.0 Å². The van der Waals surface area contributed by atoms with Crippen molar-refractivity contribution in [2.75, 3.05) is 5.32 Å². The maximum absolute atomic E-state index is 10.4. The van der Waals surface area contributed by atoms with Crippen molar-refractivity contribution in [2.45, 2.75) is 26.8 Å². The van der Waals surface area contributed by atoms with Gasteiger partial charge in [-0.05, 0) is 13.3 Å². The van der Waals surface area contributed by atoms with Crippen molar-refractivity contribution < 1.29 is 9.90 Å². The highest BCUT2D eigenvalue weighted by atomic mass is 16.4. The van der Waals surface area contributed by atoms with Crippen LogP contribution < -0.4 is 5.32 Å². The first-order valence-electron chi connectivity index (χ1n) is 4.24. The summed E-state index contributed by atoms with van der Waals surface area (Å²) in [6.45, 7) is 4.56. The molecule has 0 saturated carbocycles. The highest BCUT2D eigenvalue weighted by molar-refractivity contribution is 5.81. The van der Waals surface area contributed by atoms with E-state index in [9.17, 15) is 4.79 Å². The van der Waals surface area contributed by atoms with Gasteiger partial charge in [-0.25, -0.2) is 9.48 Å². The summed E-state index contributed by atoms with van der Waals surface area (Å²) in [7, 11) is 0. The van der Waals surface area contributed by atoms with Gasteiger partial charge in [0.1, 0.15) is 5.82 Å². The summed E-state index contributed by atoms with van der Waals surface area (Å²) in [5.74, 6) is 0.534. The maximum atomic E-state index is 10.4. The average molecular weight is 183 g/mol. The van der Waals surface area contributed by atoms with Crippen LogP contribution in [0.4, 0.5) is 10.6 Å². The number of aryl methyl sites for hydroxylation is 2. The molecule has 1 aromatic heterocycles. The number of carboxylic acid groups (broad SMARTS) is 1. The molecule has 1 amide bonds. The largest absolute Gasteiger partial charge is 0.465 e. The third kappa shape index (κ3) is 2.21. The van der Waals surface area contributed by atoms with Crippen molar-refractivity contribution in [2.24, 2.45) is 0 Å². The van der Waals surface area contributed by atoms with E-state index in [4.69, 9.17) is 5.11 Å². The number of hydrogen-bond donors (Lipinski definition) is 2. The summed E-state index contributed by atoms with van der Waals surface area (Å²) in [6, 6.07) is 1.75. The van der Waals surface area contributed by atoms with Gasteiger partial charge in [-0.15, -0.1) is 0 Å². The first-order chi connectivity index (χ1) is 6.17. The molecule has 0 unspecified atom stereocenters. The molecule has 72 valence electrons. The van der Waals surface area contributed by atoms with Crippen LogP contribution in [-0.4, -0.2) is 21.0 Å². The number of carbonyl (C=O) groups is 1. The normalized spacial score (nSPS) is 10.0. The zero-order chi connectivity index (χ0) is 9.84. The van der Waals surface area contributed by atoms with Crippen molar-refractivity contribution in [3.8, 4) is 0 Å². The maximum Gasteiger partial charge on any atom is 0.410 e. The molecule has 0 saturated heterocycles. The molecule has 0 aliphatic carbocycles. The third-order valence-corrected chi connectivity index (χ3v) is 1.73. The van der Waals surface area contributed by atoms with Crippen molar-refractivity contribution in [1.29, 1.82) is 0 Å². The van der Waals surface area contributed by atoms with Crippen LogP contribution in [0.25, 0.3) is 0 Å². The van der Waals surface area contributed by atoms with E-state index in [1.54, 1.807) is 10.7 Å². The third-order valence-electron chi connectivity index (χ3n) is 1.73. The minimum absolute atomic E-state index is 0.534. The number of nitrogens with one attached hydrogen (secondary N) is 1. The molecule has 0 bridgehead atoms. The van der Waals surface area contributed by atoms with Gasteiger partial charge in [0.25, 0.3) is 0 Å². The van der Waals surface area contributed by atoms with Crippen LogP contribution in [0, 0.1) is 0 Å². The molecule has 0 aliphatic rings. The fourth-order valence-electron chi connectivity index (χ4n) is 1.09. The molecule has 1 aromatic rings. The second-order valence-electron chi connectivity index (χ2n) is 2.62. The van der Waals surface area contributed by atoms with Gasteiger partial charge >= 0.3 is 6.09 Å². The van der Waals surface area contributed by atoms with Gasteiger partial charge in [-0.1, -0.05) is 6.92 Å². The minimum Gasteiger partial charge on any atom is -0.465 e. The van der Waals surface area contributed by atoms with E-state index < -0.39 is 6.09 Å². The predicted octanol–water partition coefficient (Wildman–Crippen LogP) is 1.56. The van der Waals surface area contributed by atoms with Crippen molar-refractivity contribution in [3.05, 3.63) is 11.8 Å². The van der Waals surface area contributed by atoms with Crippen LogP contribution in [0.3, 0.4) is 0 Å². The van der Waals surface area contributed by atoms with E-state index in [1.807, 2.05) is 13.8 Å². The van der Waals surface area contributed by atoms with Gasteiger partial charge in [-0.3, -0.25) is 5.32 Å². The van der Waals surface area contributed by atoms with Crippen LogP contribution in [0.2, 0.25) is 0 Å². The van der Waals surface area contributed by atoms with Crippen molar-refractivity contribution in [1.82, 2.24) is 9.78 Å². The molecule has 0 fully saturated rings. The van der Waals surface area contributed by atoms with Crippen LogP contribution >= 0.6 is 0 Å². The van der Waals surface area contributed by atoms with Gasteiger partial charge in [0.2, 0.25) is 0 Å². The monoisotopic (exact) mass is 183 g/mol. The molecule has 5 heteroatoms. The Balaban J connectivity index is 2.90. The highest BCUT2D eigenvalue weighted by Crippen LogP contribution is 2.10. The first-order valence-corrected chi connectivity index (χ1v) is 4.24. The molecule has 13 heavy (non-hydrogen) atoms. The fourth-order valence-corrected chi connectivity index (χ4v) is 1.09. The smallest absolute Gasteiger partial charge is 0.410 e. The summed E-state index contributed by atoms with van der Waals surface area (Å²) < 4.78 is 1.63. The van der Waals surface area contributed by atoms with Crippen molar-refractivity contribution >= 4 is 11.9 Å². The molecule has 0 spiro atoms. The van der Waals surface area contributed by atoms with Gasteiger partial charge in [0.15, 0.2) is 0 Å². The molecule has 0 radical (unpaired) electrons. The molecule has 0 aliphatic heterocycles. The summed E-state index contributed by atoms with van der Waals surface area (Å²) in [5, 5.41) is 15.0. The van der Waals surface area contributed by atoms with Crippen LogP contribution in [0.5, 0.6) is 0 Å². The number of nitrogens with zero attached hydrogens (tertiary/aromatic N) is 2. The molecule has 1 rings (SSSR count). The Bertz CT molecular complexity index is 306. The van der Waals surface area contributed by atoms with E-state index in [0.29, 0.717) is 12.4 Å². The number of anilines is 1. The van der Waals surface area contributed by atoms with Crippen LogP contribution in [0.15, 0.2) is 6.07 Å². The van der Waals surface area contributed by atoms with E-state index in [-0.39, 0.29) is 0 Å². The zero-order valence-electron chi connectivity index (χ0n) is 7.74. The highest BCUT2D eigenvalue weighted by Gasteiger charge is 2.06. The Labute approximate surface area is 76.4 Å². The van der Waals surface area contributed by atoms with E-state index in [2.05, 4.69) is 10.4 Å². The number of rotatable bonds is 3. The number of aromatic nitrogens is 2. The fraction of sp³-hybridized carbons (Fsp3) is 0.500.